The Labute approximate surface area is 165 Å². The summed E-state index contributed by atoms with van der Waals surface area (Å²) < 4.78 is 5.46. The van der Waals surface area contributed by atoms with Gasteiger partial charge in [-0.1, -0.05) is 54.6 Å². The number of rotatable bonds is 5. The Balaban J connectivity index is 1.60. The maximum atomic E-state index is 12.7. The van der Waals surface area contributed by atoms with Crippen LogP contribution < -0.4 is 11.1 Å². The van der Waals surface area contributed by atoms with Gasteiger partial charge in [0.2, 0.25) is 5.76 Å². The molecule has 0 aliphatic heterocycles. The van der Waals surface area contributed by atoms with Gasteiger partial charge in [0.05, 0.1) is 0 Å². The van der Waals surface area contributed by atoms with Gasteiger partial charge >= 0.3 is 0 Å². The van der Waals surface area contributed by atoms with Gasteiger partial charge in [-0.2, -0.15) is 0 Å². The number of para-hydroxylation sites is 1. The molecular formula is C23H16N2O4. The molecule has 4 rings (SSSR count). The molecule has 142 valence electrons. The lowest BCUT2D eigenvalue weighted by molar-refractivity contribution is 0.0976. The largest absolute Gasteiger partial charge is 0.449 e. The van der Waals surface area contributed by atoms with E-state index in [1.807, 2.05) is 6.07 Å². The van der Waals surface area contributed by atoms with Gasteiger partial charge in [-0.15, -0.1) is 0 Å². The van der Waals surface area contributed by atoms with E-state index >= 15 is 0 Å². The highest BCUT2D eigenvalue weighted by atomic mass is 16.3. The van der Waals surface area contributed by atoms with Gasteiger partial charge < -0.3 is 15.5 Å². The monoisotopic (exact) mass is 384 g/mol. The van der Waals surface area contributed by atoms with Gasteiger partial charge in [-0.05, 0) is 24.3 Å². The smallest absolute Gasteiger partial charge is 0.286 e. The van der Waals surface area contributed by atoms with E-state index in [2.05, 4.69) is 5.32 Å². The lowest BCUT2D eigenvalue weighted by atomic mass is 10.0. The average molecular weight is 384 g/mol. The van der Waals surface area contributed by atoms with Crippen LogP contribution in [0.1, 0.15) is 36.8 Å². The van der Waals surface area contributed by atoms with Crippen LogP contribution in [0.2, 0.25) is 0 Å². The predicted molar refractivity (Wildman–Crippen MR) is 109 cm³/mol. The molecule has 29 heavy (non-hydrogen) atoms. The predicted octanol–water partition coefficient (Wildman–Crippen LogP) is 4.02. The Kier molecular flexibility index (Phi) is 4.66. The third kappa shape index (κ3) is 3.51. The summed E-state index contributed by atoms with van der Waals surface area (Å²) >= 11 is 0. The minimum atomic E-state index is -0.777. The lowest BCUT2D eigenvalue weighted by Crippen LogP contribution is -2.17. The lowest BCUT2D eigenvalue weighted by Gasteiger charge is -2.06. The van der Waals surface area contributed by atoms with Crippen LogP contribution in [0, 0.1) is 0 Å². The number of amides is 2. The second-order valence-corrected chi connectivity index (χ2v) is 6.39. The van der Waals surface area contributed by atoms with Crippen molar-refractivity contribution in [2.45, 2.75) is 0 Å². The van der Waals surface area contributed by atoms with E-state index in [0.717, 1.165) is 0 Å². The first kappa shape index (κ1) is 18.2. The van der Waals surface area contributed by atoms with Crippen molar-refractivity contribution >= 4 is 34.3 Å². The first-order valence-electron chi connectivity index (χ1n) is 8.87. The van der Waals surface area contributed by atoms with Crippen LogP contribution in [0.15, 0.2) is 83.3 Å². The molecule has 1 heterocycles. The number of nitrogens with one attached hydrogen (secondary N) is 1. The third-order valence-corrected chi connectivity index (χ3v) is 4.50. The van der Waals surface area contributed by atoms with Crippen molar-refractivity contribution < 1.29 is 18.8 Å². The summed E-state index contributed by atoms with van der Waals surface area (Å²) in [6, 6.07) is 22.1. The number of hydrogen-bond donors (Lipinski definition) is 2. The summed E-state index contributed by atoms with van der Waals surface area (Å²) in [6.07, 6.45) is 0. The highest BCUT2D eigenvalue weighted by Crippen LogP contribution is 2.31. The van der Waals surface area contributed by atoms with Gasteiger partial charge in [0, 0.05) is 22.1 Å². The molecule has 0 aliphatic rings. The van der Waals surface area contributed by atoms with Gasteiger partial charge in [0.15, 0.2) is 5.78 Å². The van der Waals surface area contributed by atoms with Gasteiger partial charge in [-0.3, -0.25) is 14.4 Å². The van der Waals surface area contributed by atoms with Crippen molar-refractivity contribution in [2.24, 2.45) is 5.73 Å². The SMILES string of the molecule is NC(=O)c1oc2ccccc2c1NC(=O)c1ccc(C(=O)c2ccccc2)cc1. The van der Waals surface area contributed by atoms with E-state index in [0.29, 0.717) is 27.7 Å². The number of fused-ring (bicyclic) bond motifs is 1. The van der Waals surface area contributed by atoms with Crippen molar-refractivity contribution in [3.63, 3.8) is 0 Å². The number of primary amides is 1. The van der Waals surface area contributed by atoms with Crippen LogP contribution in [-0.2, 0) is 0 Å². The van der Waals surface area contributed by atoms with Crippen LogP contribution in [0.25, 0.3) is 11.0 Å². The zero-order valence-corrected chi connectivity index (χ0v) is 15.2. The summed E-state index contributed by atoms with van der Waals surface area (Å²) in [5.41, 5.74) is 7.42. The molecule has 4 aromatic rings. The molecule has 0 bridgehead atoms. The summed E-state index contributed by atoms with van der Waals surface area (Å²) in [6.45, 7) is 0. The second-order valence-electron chi connectivity index (χ2n) is 6.39. The number of carbonyl (C=O) groups is 3. The fourth-order valence-electron chi connectivity index (χ4n) is 3.06. The standard InChI is InChI=1S/C23H16N2O4/c24-22(27)21-19(17-8-4-5-9-18(17)29-21)25-23(28)16-12-10-15(11-13-16)20(26)14-6-2-1-3-7-14/h1-13H,(H2,24,27)(H,25,28). The number of hydrogen-bond acceptors (Lipinski definition) is 4. The van der Waals surface area contributed by atoms with E-state index in [1.165, 1.54) is 0 Å². The number of ketones is 1. The zero-order chi connectivity index (χ0) is 20.4. The number of furan rings is 1. The molecule has 2 amide bonds. The molecule has 0 saturated heterocycles. The zero-order valence-electron chi connectivity index (χ0n) is 15.2. The topological polar surface area (TPSA) is 102 Å². The Morgan fingerprint density at radius 1 is 0.724 bits per heavy atom. The number of carbonyl (C=O) groups excluding carboxylic acids is 3. The van der Waals surface area contributed by atoms with E-state index in [9.17, 15) is 14.4 Å². The fourth-order valence-corrected chi connectivity index (χ4v) is 3.06. The van der Waals surface area contributed by atoms with E-state index in [-0.39, 0.29) is 17.2 Å². The molecule has 0 saturated carbocycles. The van der Waals surface area contributed by atoms with Crippen LogP contribution in [0.4, 0.5) is 5.69 Å². The number of nitrogens with two attached hydrogens (primary N) is 1. The molecule has 6 heteroatoms. The molecule has 0 spiro atoms. The first-order valence-corrected chi connectivity index (χ1v) is 8.87. The number of anilines is 1. The quantitative estimate of drug-likeness (QED) is 0.507. The normalized spacial score (nSPS) is 10.6. The van der Waals surface area contributed by atoms with Crippen LogP contribution >= 0.6 is 0 Å². The van der Waals surface area contributed by atoms with Crippen LogP contribution in [-0.4, -0.2) is 17.6 Å². The van der Waals surface area contributed by atoms with Gasteiger partial charge in [0.1, 0.15) is 11.3 Å². The Morgan fingerprint density at radius 2 is 1.31 bits per heavy atom. The molecule has 3 N–H and O–H groups in total. The fraction of sp³-hybridized carbons (Fsp3) is 0. The minimum absolute atomic E-state index is 0.115. The highest BCUT2D eigenvalue weighted by Gasteiger charge is 2.21. The van der Waals surface area contributed by atoms with E-state index < -0.39 is 11.8 Å². The summed E-state index contributed by atoms with van der Waals surface area (Å²) in [5.74, 6) is -1.47. The third-order valence-electron chi connectivity index (χ3n) is 4.50. The summed E-state index contributed by atoms with van der Waals surface area (Å²) in [5, 5.41) is 3.27. The molecular weight excluding hydrogens is 368 g/mol. The van der Waals surface area contributed by atoms with Crippen molar-refractivity contribution in [3.8, 4) is 0 Å². The highest BCUT2D eigenvalue weighted by molar-refractivity contribution is 6.14. The van der Waals surface area contributed by atoms with Crippen molar-refractivity contribution in [1.29, 1.82) is 0 Å². The Hall–Kier alpha value is -4.19. The van der Waals surface area contributed by atoms with E-state index in [4.69, 9.17) is 10.2 Å². The molecule has 6 nitrogen and oxygen atoms in total. The molecule has 0 atom stereocenters. The molecule has 0 aliphatic carbocycles. The molecule has 0 unspecified atom stereocenters. The molecule has 1 aromatic heterocycles. The maximum Gasteiger partial charge on any atom is 0.286 e. The van der Waals surface area contributed by atoms with Crippen molar-refractivity contribution in [3.05, 3.63) is 101 Å². The van der Waals surface area contributed by atoms with Gasteiger partial charge in [-0.25, -0.2) is 0 Å². The summed E-state index contributed by atoms with van der Waals surface area (Å²) in [7, 11) is 0. The number of benzene rings is 3. The summed E-state index contributed by atoms with van der Waals surface area (Å²) in [4.78, 5) is 36.9. The Morgan fingerprint density at radius 3 is 2.00 bits per heavy atom. The molecule has 3 aromatic carbocycles. The molecule has 0 radical (unpaired) electrons. The molecule has 0 fully saturated rings. The van der Waals surface area contributed by atoms with Crippen molar-refractivity contribution in [2.75, 3.05) is 5.32 Å². The van der Waals surface area contributed by atoms with E-state index in [1.54, 1.807) is 72.8 Å². The maximum absolute atomic E-state index is 12.7. The Bertz CT molecular complexity index is 1220. The van der Waals surface area contributed by atoms with Crippen LogP contribution in [0.5, 0.6) is 0 Å². The van der Waals surface area contributed by atoms with Crippen molar-refractivity contribution in [1.82, 2.24) is 0 Å². The minimum Gasteiger partial charge on any atom is -0.449 e. The second kappa shape index (κ2) is 7.44. The van der Waals surface area contributed by atoms with Crippen LogP contribution in [0.3, 0.4) is 0 Å². The van der Waals surface area contributed by atoms with Gasteiger partial charge in [0.25, 0.3) is 11.8 Å². The average Bonchev–Trinajstić information content (AvgIpc) is 3.13. The first-order chi connectivity index (χ1) is 14.0.